The molecule has 0 fully saturated rings. The molecule has 1 atom stereocenters. The first kappa shape index (κ1) is 11.3. The van der Waals surface area contributed by atoms with Crippen molar-refractivity contribution in [2.45, 2.75) is 71.1 Å². The van der Waals surface area contributed by atoms with Gasteiger partial charge in [0, 0.05) is 11.4 Å². The van der Waals surface area contributed by atoms with Crippen LogP contribution in [0.3, 0.4) is 0 Å². The van der Waals surface area contributed by atoms with Gasteiger partial charge in [-0.2, -0.15) is 0 Å². The fourth-order valence-corrected chi connectivity index (χ4v) is 3.73. The van der Waals surface area contributed by atoms with E-state index in [4.69, 9.17) is 4.98 Å². The van der Waals surface area contributed by atoms with E-state index in [-0.39, 0.29) is 5.41 Å². The van der Waals surface area contributed by atoms with E-state index in [2.05, 4.69) is 27.7 Å². The van der Waals surface area contributed by atoms with Gasteiger partial charge in [0.05, 0.1) is 0 Å². The maximum absolute atomic E-state index is 4.96. The lowest BCUT2D eigenvalue weighted by Gasteiger charge is -2.27. The predicted octanol–water partition coefficient (Wildman–Crippen LogP) is 3.92. The van der Waals surface area contributed by atoms with Gasteiger partial charge >= 0.3 is 0 Å². The van der Waals surface area contributed by atoms with Gasteiger partial charge in [0.25, 0.3) is 0 Å². The molecular weight excluding hydrogens is 206 g/mol. The largest absolute Gasteiger partial charge is 0.257 e. The molecule has 0 aromatic carbocycles. The third-order valence-electron chi connectivity index (χ3n) is 4.40. The topological polar surface area (TPSA) is 12.9 Å². The van der Waals surface area contributed by atoms with Gasteiger partial charge in [0.15, 0.2) is 0 Å². The summed E-state index contributed by atoms with van der Waals surface area (Å²) < 4.78 is 0. The normalized spacial score (nSPS) is 22.7. The van der Waals surface area contributed by atoms with E-state index in [1.807, 2.05) is 0 Å². The Balaban J connectivity index is 2.30. The monoisotopic (exact) mass is 229 g/mol. The second-order valence-electron chi connectivity index (χ2n) is 6.82. The molecule has 0 saturated heterocycles. The molecule has 17 heavy (non-hydrogen) atoms. The summed E-state index contributed by atoms with van der Waals surface area (Å²) in [5, 5.41) is 0. The van der Waals surface area contributed by atoms with Gasteiger partial charge in [-0.25, -0.2) is 0 Å². The fraction of sp³-hybridized carbons (Fsp3) is 0.688. The van der Waals surface area contributed by atoms with Crippen LogP contribution in [0.4, 0.5) is 0 Å². The second-order valence-corrected chi connectivity index (χ2v) is 6.82. The van der Waals surface area contributed by atoms with Crippen molar-refractivity contribution in [3.05, 3.63) is 28.1 Å². The Labute approximate surface area is 105 Å². The number of fused-ring (bicyclic) bond motifs is 2. The summed E-state index contributed by atoms with van der Waals surface area (Å²) in [6.45, 7) is 9.48. The zero-order chi connectivity index (χ0) is 12.2. The molecule has 0 amide bonds. The van der Waals surface area contributed by atoms with E-state index < -0.39 is 0 Å². The van der Waals surface area contributed by atoms with Crippen molar-refractivity contribution in [3.8, 4) is 0 Å². The standard InChI is InChI=1S/C16H23N/c1-10-8-9-13-14(10)15(16(2,3)4)11-6-5-7-12(11)17-13/h10H,5-9H2,1-4H3. The number of hydrogen-bond acceptors (Lipinski definition) is 1. The minimum Gasteiger partial charge on any atom is -0.257 e. The average molecular weight is 229 g/mol. The maximum atomic E-state index is 4.96. The summed E-state index contributed by atoms with van der Waals surface area (Å²) in [7, 11) is 0. The van der Waals surface area contributed by atoms with Crippen molar-refractivity contribution in [2.75, 3.05) is 0 Å². The average Bonchev–Trinajstić information content (AvgIpc) is 2.81. The Kier molecular flexibility index (Phi) is 2.36. The molecular formula is C16H23N. The fourth-order valence-electron chi connectivity index (χ4n) is 3.73. The molecule has 0 saturated carbocycles. The van der Waals surface area contributed by atoms with Crippen LogP contribution >= 0.6 is 0 Å². The molecule has 0 aliphatic heterocycles. The molecule has 3 rings (SSSR count). The lowest BCUT2D eigenvalue weighted by molar-refractivity contribution is 0.568. The van der Waals surface area contributed by atoms with Crippen LogP contribution in [0.25, 0.3) is 0 Å². The van der Waals surface area contributed by atoms with Crippen LogP contribution in [0, 0.1) is 0 Å². The SMILES string of the molecule is CC1CCc2nc3c(c(C(C)(C)C)c21)CCC3. The highest BCUT2D eigenvalue weighted by molar-refractivity contribution is 5.49. The molecule has 1 nitrogen and oxygen atoms in total. The van der Waals surface area contributed by atoms with Crippen molar-refractivity contribution < 1.29 is 0 Å². The Morgan fingerprint density at radius 1 is 1.06 bits per heavy atom. The van der Waals surface area contributed by atoms with Gasteiger partial charge in [-0.15, -0.1) is 0 Å². The molecule has 2 aliphatic rings. The quantitative estimate of drug-likeness (QED) is 0.657. The van der Waals surface area contributed by atoms with E-state index in [1.54, 1.807) is 16.7 Å². The number of rotatable bonds is 0. The second kappa shape index (κ2) is 3.57. The highest BCUT2D eigenvalue weighted by Crippen LogP contribution is 2.43. The molecule has 1 heterocycles. The molecule has 0 N–H and O–H groups in total. The first-order valence-corrected chi connectivity index (χ1v) is 7.03. The van der Waals surface area contributed by atoms with Gasteiger partial charge in [0.2, 0.25) is 0 Å². The maximum Gasteiger partial charge on any atom is 0.0444 e. The van der Waals surface area contributed by atoms with Crippen molar-refractivity contribution in [2.24, 2.45) is 0 Å². The zero-order valence-electron chi connectivity index (χ0n) is 11.6. The minimum atomic E-state index is 0.278. The van der Waals surface area contributed by atoms with Gasteiger partial charge in [0.1, 0.15) is 0 Å². The van der Waals surface area contributed by atoms with E-state index in [1.165, 1.54) is 43.5 Å². The van der Waals surface area contributed by atoms with Gasteiger partial charge < -0.3 is 0 Å². The van der Waals surface area contributed by atoms with Crippen molar-refractivity contribution >= 4 is 0 Å². The molecule has 1 aromatic rings. The van der Waals surface area contributed by atoms with Crippen molar-refractivity contribution in [1.29, 1.82) is 0 Å². The van der Waals surface area contributed by atoms with Gasteiger partial charge in [-0.3, -0.25) is 4.98 Å². The van der Waals surface area contributed by atoms with E-state index in [0.717, 1.165) is 5.92 Å². The summed E-state index contributed by atoms with van der Waals surface area (Å²) in [6, 6.07) is 0. The molecule has 92 valence electrons. The molecule has 0 radical (unpaired) electrons. The van der Waals surface area contributed by atoms with Crippen LogP contribution in [-0.2, 0) is 24.7 Å². The van der Waals surface area contributed by atoms with Gasteiger partial charge in [-0.1, -0.05) is 27.7 Å². The Bertz CT molecular complexity index is 465. The third-order valence-corrected chi connectivity index (χ3v) is 4.40. The molecule has 0 bridgehead atoms. The number of aromatic nitrogens is 1. The molecule has 0 spiro atoms. The van der Waals surface area contributed by atoms with Crippen LogP contribution < -0.4 is 0 Å². The highest BCUT2D eigenvalue weighted by atomic mass is 14.7. The van der Waals surface area contributed by atoms with Crippen molar-refractivity contribution in [3.63, 3.8) is 0 Å². The van der Waals surface area contributed by atoms with Crippen LogP contribution in [-0.4, -0.2) is 4.98 Å². The summed E-state index contributed by atoms with van der Waals surface area (Å²) in [5.74, 6) is 0.720. The number of pyridine rings is 1. The lowest BCUT2D eigenvalue weighted by Crippen LogP contribution is -2.19. The number of aryl methyl sites for hydroxylation is 2. The van der Waals surface area contributed by atoms with Crippen LogP contribution in [0.2, 0.25) is 0 Å². The molecule has 1 unspecified atom stereocenters. The highest BCUT2D eigenvalue weighted by Gasteiger charge is 2.33. The van der Waals surface area contributed by atoms with Crippen molar-refractivity contribution in [1.82, 2.24) is 4.98 Å². The van der Waals surface area contributed by atoms with Crippen LogP contribution in [0.15, 0.2) is 0 Å². The van der Waals surface area contributed by atoms with E-state index >= 15 is 0 Å². The molecule has 2 aliphatic carbocycles. The Morgan fingerprint density at radius 3 is 2.53 bits per heavy atom. The molecule has 1 aromatic heterocycles. The third kappa shape index (κ3) is 1.63. The summed E-state index contributed by atoms with van der Waals surface area (Å²) in [6.07, 6.45) is 6.28. The van der Waals surface area contributed by atoms with Gasteiger partial charge in [-0.05, 0) is 60.1 Å². The smallest absolute Gasteiger partial charge is 0.0444 e. The Morgan fingerprint density at radius 2 is 1.82 bits per heavy atom. The first-order chi connectivity index (χ1) is 7.98. The lowest BCUT2D eigenvalue weighted by atomic mass is 9.78. The minimum absolute atomic E-state index is 0.278. The van der Waals surface area contributed by atoms with E-state index in [0.29, 0.717) is 0 Å². The van der Waals surface area contributed by atoms with E-state index in [9.17, 15) is 0 Å². The summed E-state index contributed by atoms with van der Waals surface area (Å²) in [5.41, 5.74) is 7.98. The van der Waals surface area contributed by atoms with Crippen LogP contribution in [0.5, 0.6) is 0 Å². The number of hydrogen-bond donors (Lipinski definition) is 0. The first-order valence-electron chi connectivity index (χ1n) is 7.03. The summed E-state index contributed by atoms with van der Waals surface area (Å²) in [4.78, 5) is 4.96. The van der Waals surface area contributed by atoms with Crippen LogP contribution in [0.1, 0.15) is 74.5 Å². The number of nitrogens with zero attached hydrogens (tertiary/aromatic N) is 1. The molecule has 1 heteroatoms. The predicted molar refractivity (Wildman–Crippen MR) is 71.7 cm³/mol. The zero-order valence-corrected chi connectivity index (χ0v) is 11.6. The Hall–Kier alpha value is -0.850. The summed E-state index contributed by atoms with van der Waals surface area (Å²) >= 11 is 0.